The molecule has 1 aliphatic carbocycles. The van der Waals surface area contributed by atoms with E-state index < -0.39 is 0 Å². The Bertz CT molecular complexity index is 473. The van der Waals surface area contributed by atoms with E-state index in [1.54, 1.807) is 12.1 Å². The van der Waals surface area contributed by atoms with Crippen molar-refractivity contribution in [3.63, 3.8) is 0 Å². The van der Waals surface area contributed by atoms with Gasteiger partial charge in [0.15, 0.2) is 0 Å². The summed E-state index contributed by atoms with van der Waals surface area (Å²) in [6.07, 6.45) is 4.94. The summed E-state index contributed by atoms with van der Waals surface area (Å²) in [6.45, 7) is 3.57. The van der Waals surface area contributed by atoms with Crippen molar-refractivity contribution in [2.75, 3.05) is 6.54 Å². The van der Waals surface area contributed by atoms with Gasteiger partial charge in [0.05, 0.1) is 15.5 Å². The summed E-state index contributed by atoms with van der Waals surface area (Å²) < 4.78 is 0. The smallest absolute Gasteiger partial charge is 0.275 e. The third kappa shape index (κ3) is 3.45. The molecule has 1 saturated carbocycles. The maximum absolute atomic E-state index is 11.0. The molecule has 0 heterocycles. The van der Waals surface area contributed by atoms with E-state index in [0.29, 0.717) is 22.5 Å². The Morgan fingerprint density at radius 2 is 2.21 bits per heavy atom. The standard InChI is InChI=1S/C14H19ClN2O2/c1-2-6-14(7-8-14)10-16-9-11-12(15)4-3-5-13(11)17(18)19/h3-5,16H,2,6-10H2,1H3. The van der Waals surface area contributed by atoms with Gasteiger partial charge in [0.1, 0.15) is 0 Å². The second kappa shape index (κ2) is 5.88. The zero-order chi connectivity index (χ0) is 13.9. The molecule has 2 rings (SSSR count). The lowest BCUT2D eigenvalue weighted by atomic mass is 10.0. The lowest BCUT2D eigenvalue weighted by Gasteiger charge is -2.15. The fraction of sp³-hybridized carbons (Fsp3) is 0.571. The first-order valence-corrected chi connectivity index (χ1v) is 7.08. The van der Waals surface area contributed by atoms with Crippen LogP contribution in [0.5, 0.6) is 0 Å². The molecular formula is C14H19ClN2O2. The van der Waals surface area contributed by atoms with Crippen molar-refractivity contribution in [3.05, 3.63) is 38.9 Å². The van der Waals surface area contributed by atoms with Crippen molar-refractivity contribution >= 4 is 17.3 Å². The molecule has 0 saturated heterocycles. The maximum atomic E-state index is 11.0. The van der Waals surface area contributed by atoms with Crippen LogP contribution in [0.3, 0.4) is 0 Å². The first kappa shape index (κ1) is 14.3. The Labute approximate surface area is 118 Å². The van der Waals surface area contributed by atoms with Gasteiger partial charge in [-0.05, 0) is 30.7 Å². The summed E-state index contributed by atoms with van der Waals surface area (Å²) >= 11 is 6.06. The van der Waals surface area contributed by atoms with E-state index in [9.17, 15) is 10.1 Å². The predicted octanol–water partition coefficient (Wildman–Crippen LogP) is 3.92. The molecule has 5 heteroatoms. The van der Waals surface area contributed by atoms with Gasteiger partial charge in [-0.1, -0.05) is 31.0 Å². The number of benzene rings is 1. The van der Waals surface area contributed by atoms with E-state index >= 15 is 0 Å². The monoisotopic (exact) mass is 282 g/mol. The van der Waals surface area contributed by atoms with Crippen molar-refractivity contribution < 1.29 is 4.92 Å². The van der Waals surface area contributed by atoms with Gasteiger partial charge in [-0.2, -0.15) is 0 Å². The van der Waals surface area contributed by atoms with E-state index in [1.165, 1.54) is 31.7 Å². The number of halogens is 1. The molecule has 1 aromatic rings. The SMILES string of the molecule is CCCC1(CNCc2c(Cl)cccc2[N+](=O)[O-])CC1. The van der Waals surface area contributed by atoms with Crippen molar-refractivity contribution in [1.82, 2.24) is 5.32 Å². The average molecular weight is 283 g/mol. The van der Waals surface area contributed by atoms with Crippen LogP contribution in [-0.4, -0.2) is 11.5 Å². The minimum atomic E-state index is -0.373. The number of nitro benzene ring substituents is 1. The van der Waals surface area contributed by atoms with Crippen LogP contribution in [0.4, 0.5) is 5.69 Å². The molecule has 0 spiro atoms. The second-order valence-corrected chi connectivity index (χ2v) is 5.76. The number of hydrogen-bond donors (Lipinski definition) is 1. The van der Waals surface area contributed by atoms with Gasteiger partial charge in [0, 0.05) is 19.2 Å². The minimum absolute atomic E-state index is 0.0975. The largest absolute Gasteiger partial charge is 0.312 e. The number of nitrogens with one attached hydrogen (secondary N) is 1. The lowest BCUT2D eigenvalue weighted by molar-refractivity contribution is -0.385. The van der Waals surface area contributed by atoms with Gasteiger partial charge in [-0.25, -0.2) is 0 Å². The predicted molar refractivity (Wildman–Crippen MR) is 76.4 cm³/mol. The van der Waals surface area contributed by atoms with Gasteiger partial charge >= 0.3 is 0 Å². The van der Waals surface area contributed by atoms with Crippen molar-refractivity contribution in [2.45, 2.75) is 39.2 Å². The number of nitro groups is 1. The van der Waals surface area contributed by atoms with E-state index in [0.717, 1.165) is 6.54 Å². The van der Waals surface area contributed by atoms with Crippen LogP contribution in [0.2, 0.25) is 5.02 Å². The molecule has 1 aromatic carbocycles. The Hall–Kier alpha value is -1.13. The van der Waals surface area contributed by atoms with Crippen LogP contribution in [0.1, 0.15) is 38.2 Å². The summed E-state index contributed by atoms with van der Waals surface area (Å²) in [5, 5.41) is 14.8. The molecule has 19 heavy (non-hydrogen) atoms. The fourth-order valence-electron chi connectivity index (χ4n) is 2.57. The molecule has 1 fully saturated rings. The number of rotatable bonds is 7. The number of nitrogens with zero attached hydrogens (tertiary/aromatic N) is 1. The molecule has 0 unspecified atom stereocenters. The summed E-state index contributed by atoms with van der Waals surface area (Å²) in [6, 6.07) is 4.82. The van der Waals surface area contributed by atoms with Crippen LogP contribution in [0, 0.1) is 15.5 Å². The van der Waals surface area contributed by atoms with Crippen LogP contribution in [-0.2, 0) is 6.54 Å². The van der Waals surface area contributed by atoms with Crippen LogP contribution < -0.4 is 5.32 Å². The first-order valence-electron chi connectivity index (χ1n) is 6.70. The normalized spacial score (nSPS) is 16.3. The van der Waals surface area contributed by atoms with E-state index in [1.807, 2.05) is 0 Å². The zero-order valence-corrected chi connectivity index (χ0v) is 11.9. The van der Waals surface area contributed by atoms with Crippen LogP contribution in [0.15, 0.2) is 18.2 Å². The highest BCUT2D eigenvalue weighted by Crippen LogP contribution is 2.49. The highest BCUT2D eigenvalue weighted by atomic mass is 35.5. The van der Waals surface area contributed by atoms with Crippen molar-refractivity contribution in [2.24, 2.45) is 5.41 Å². The van der Waals surface area contributed by atoms with Crippen LogP contribution >= 0.6 is 11.6 Å². The molecule has 0 aromatic heterocycles. The highest BCUT2D eigenvalue weighted by Gasteiger charge is 2.40. The summed E-state index contributed by atoms with van der Waals surface area (Å²) in [4.78, 5) is 10.6. The Balaban J connectivity index is 1.98. The zero-order valence-electron chi connectivity index (χ0n) is 11.1. The second-order valence-electron chi connectivity index (χ2n) is 5.35. The topological polar surface area (TPSA) is 55.2 Å². The molecule has 1 aliphatic rings. The highest BCUT2D eigenvalue weighted by molar-refractivity contribution is 6.31. The van der Waals surface area contributed by atoms with Gasteiger partial charge in [-0.3, -0.25) is 10.1 Å². The maximum Gasteiger partial charge on any atom is 0.275 e. The van der Waals surface area contributed by atoms with Gasteiger partial charge in [0.2, 0.25) is 0 Å². The van der Waals surface area contributed by atoms with E-state index in [-0.39, 0.29) is 10.6 Å². The molecule has 0 aliphatic heterocycles. The molecule has 0 bridgehead atoms. The van der Waals surface area contributed by atoms with Gasteiger partial charge in [0.25, 0.3) is 5.69 Å². The fourth-order valence-corrected chi connectivity index (χ4v) is 2.80. The van der Waals surface area contributed by atoms with Gasteiger partial charge < -0.3 is 5.32 Å². The Kier molecular flexibility index (Phi) is 4.42. The van der Waals surface area contributed by atoms with E-state index in [4.69, 9.17) is 11.6 Å². The Morgan fingerprint density at radius 3 is 2.79 bits per heavy atom. The quantitative estimate of drug-likeness (QED) is 0.609. The molecule has 0 amide bonds. The average Bonchev–Trinajstić information content (AvgIpc) is 3.11. The Morgan fingerprint density at radius 1 is 1.47 bits per heavy atom. The number of hydrogen-bond acceptors (Lipinski definition) is 3. The summed E-state index contributed by atoms with van der Waals surface area (Å²) in [7, 11) is 0. The summed E-state index contributed by atoms with van der Waals surface area (Å²) in [5.74, 6) is 0. The third-order valence-corrected chi connectivity index (χ3v) is 4.18. The van der Waals surface area contributed by atoms with Crippen molar-refractivity contribution in [3.8, 4) is 0 Å². The van der Waals surface area contributed by atoms with Gasteiger partial charge in [-0.15, -0.1) is 0 Å². The lowest BCUT2D eigenvalue weighted by Crippen LogP contribution is -2.24. The molecular weight excluding hydrogens is 264 g/mol. The summed E-state index contributed by atoms with van der Waals surface area (Å²) in [5.41, 5.74) is 1.12. The van der Waals surface area contributed by atoms with Crippen LogP contribution in [0.25, 0.3) is 0 Å². The molecule has 0 atom stereocenters. The third-order valence-electron chi connectivity index (χ3n) is 3.83. The minimum Gasteiger partial charge on any atom is -0.312 e. The molecule has 0 radical (unpaired) electrons. The van der Waals surface area contributed by atoms with E-state index in [2.05, 4.69) is 12.2 Å². The van der Waals surface area contributed by atoms with Crippen molar-refractivity contribution in [1.29, 1.82) is 0 Å². The molecule has 1 N–H and O–H groups in total. The first-order chi connectivity index (χ1) is 9.08. The molecule has 4 nitrogen and oxygen atoms in total. The molecule has 104 valence electrons.